The number of nitro benzene ring substituents is 1. The minimum absolute atomic E-state index is 0.0459. The van der Waals surface area contributed by atoms with Crippen LogP contribution in [0.4, 0.5) is 15.8 Å². The number of esters is 1. The van der Waals surface area contributed by atoms with Gasteiger partial charge in [-0.15, -0.1) is 0 Å². The third-order valence-corrected chi connectivity index (χ3v) is 3.09. The molecule has 1 unspecified atom stereocenters. The summed E-state index contributed by atoms with van der Waals surface area (Å²) >= 11 is 0. The molecular formula is C13H14FN3O4. The van der Waals surface area contributed by atoms with Crippen molar-refractivity contribution in [2.75, 3.05) is 19.1 Å². The number of nitriles is 1. The van der Waals surface area contributed by atoms with Gasteiger partial charge in [-0.25, -0.2) is 9.18 Å². The highest BCUT2D eigenvalue weighted by molar-refractivity contribution is 5.92. The van der Waals surface area contributed by atoms with E-state index in [0.717, 1.165) is 13.2 Å². The second-order valence-electron chi connectivity index (χ2n) is 4.39. The van der Waals surface area contributed by atoms with Crippen LogP contribution >= 0.6 is 0 Å². The summed E-state index contributed by atoms with van der Waals surface area (Å²) in [5, 5.41) is 19.7. The topological polar surface area (TPSA) is 96.5 Å². The molecule has 0 saturated heterocycles. The highest BCUT2D eigenvalue weighted by Crippen LogP contribution is 2.32. The molecule has 0 aliphatic carbocycles. The number of anilines is 1. The Morgan fingerprint density at radius 2 is 2.24 bits per heavy atom. The van der Waals surface area contributed by atoms with Crippen LogP contribution in [0.25, 0.3) is 0 Å². The van der Waals surface area contributed by atoms with Gasteiger partial charge in [0.2, 0.25) is 0 Å². The molecule has 0 aromatic heterocycles. The number of nitro groups is 1. The molecule has 1 aromatic carbocycles. The highest BCUT2D eigenvalue weighted by Gasteiger charge is 2.26. The molecule has 0 aliphatic rings. The molecule has 21 heavy (non-hydrogen) atoms. The molecule has 0 fully saturated rings. The maximum atomic E-state index is 13.8. The van der Waals surface area contributed by atoms with E-state index in [2.05, 4.69) is 4.74 Å². The van der Waals surface area contributed by atoms with Gasteiger partial charge in [-0.3, -0.25) is 10.1 Å². The number of carbonyl (C=O) groups is 1. The van der Waals surface area contributed by atoms with Gasteiger partial charge >= 0.3 is 5.97 Å². The first-order valence-corrected chi connectivity index (χ1v) is 5.99. The van der Waals surface area contributed by atoms with Crippen LogP contribution in [-0.2, 0) is 4.74 Å². The quantitative estimate of drug-likeness (QED) is 0.469. The summed E-state index contributed by atoms with van der Waals surface area (Å²) in [4.78, 5) is 23.2. The van der Waals surface area contributed by atoms with Gasteiger partial charge in [0.15, 0.2) is 0 Å². The van der Waals surface area contributed by atoms with Gasteiger partial charge in [-0.05, 0) is 13.0 Å². The van der Waals surface area contributed by atoms with Gasteiger partial charge in [0.05, 0.1) is 36.2 Å². The number of hydrogen-bond donors (Lipinski definition) is 0. The van der Waals surface area contributed by atoms with Gasteiger partial charge in [0.25, 0.3) is 5.69 Å². The van der Waals surface area contributed by atoms with Crippen molar-refractivity contribution in [1.82, 2.24) is 0 Å². The number of methoxy groups -OCH3 is 1. The Balaban J connectivity index is 3.43. The molecule has 0 bridgehead atoms. The van der Waals surface area contributed by atoms with Crippen molar-refractivity contribution in [3.63, 3.8) is 0 Å². The zero-order valence-corrected chi connectivity index (χ0v) is 11.8. The van der Waals surface area contributed by atoms with E-state index in [1.807, 2.05) is 6.07 Å². The first kappa shape index (κ1) is 16.4. The van der Waals surface area contributed by atoms with Crippen molar-refractivity contribution in [2.45, 2.75) is 19.4 Å². The first-order chi connectivity index (χ1) is 9.83. The van der Waals surface area contributed by atoms with E-state index in [1.54, 1.807) is 6.92 Å². The van der Waals surface area contributed by atoms with Crippen LogP contribution < -0.4 is 4.90 Å². The standard InChI is InChI=1S/C13H14FN3O4/c1-8(4-5-15)16(2)11-6-9(13(18)21-3)10(14)7-12(11)17(19)20/h6-8H,4H2,1-3H3. The van der Waals surface area contributed by atoms with E-state index >= 15 is 0 Å². The van der Waals surface area contributed by atoms with Gasteiger partial charge in [-0.2, -0.15) is 5.26 Å². The summed E-state index contributed by atoms with van der Waals surface area (Å²) in [7, 11) is 2.62. The number of benzene rings is 1. The fourth-order valence-electron chi connectivity index (χ4n) is 1.75. The summed E-state index contributed by atoms with van der Waals surface area (Å²) < 4.78 is 18.2. The van der Waals surface area contributed by atoms with Crippen molar-refractivity contribution in [2.24, 2.45) is 0 Å². The lowest BCUT2D eigenvalue weighted by Gasteiger charge is -2.25. The molecular weight excluding hydrogens is 281 g/mol. The molecule has 0 N–H and O–H groups in total. The van der Waals surface area contributed by atoms with Crippen LogP contribution in [0.15, 0.2) is 12.1 Å². The largest absolute Gasteiger partial charge is 0.465 e. The first-order valence-electron chi connectivity index (χ1n) is 5.99. The molecule has 0 amide bonds. The summed E-state index contributed by atoms with van der Waals surface area (Å²) in [6.07, 6.45) is 0.124. The van der Waals surface area contributed by atoms with Crippen molar-refractivity contribution < 1.29 is 18.8 Å². The average Bonchev–Trinajstić information content (AvgIpc) is 2.45. The third kappa shape index (κ3) is 3.45. The van der Waals surface area contributed by atoms with Crippen LogP contribution in [0.2, 0.25) is 0 Å². The predicted octanol–water partition coefficient (Wildman–Crippen LogP) is 2.26. The Hall–Kier alpha value is -2.69. The number of rotatable bonds is 5. The second-order valence-corrected chi connectivity index (χ2v) is 4.39. The minimum atomic E-state index is -1.03. The zero-order valence-electron chi connectivity index (χ0n) is 11.8. The smallest absolute Gasteiger partial charge is 0.340 e. The highest BCUT2D eigenvalue weighted by atomic mass is 19.1. The molecule has 0 saturated carbocycles. The van der Waals surface area contributed by atoms with Crippen LogP contribution in [0.5, 0.6) is 0 Å². The summed E-state index contributed by atoms with van der Waals surface area (Å²) in [5.41, 5.74) is -0.828. The maximum Gasteiger partial charge on any atom is 0.340 e. The number of nitrogens with zero attached hydrogens (tertiary/aromatic N) is 3. The molecule has 7 nitrogen and oxygen atoms in total. The molecule has 1 aromatic rings. The van der Waals surface area contributed by atoms with Crippen LogP contribution in [0.1, 0.15) is 23.7 Å². The second kappa shape index (κ2) is 6.65. The fourth-order valence-corrected chi connectivity index (χ4v) is 1.75. The fraction of sp³-hybridized carbons (Fsp3) is 0.385. The van der Waals surface area contributed by atoms with Crippen LogP contribution in [0.3, 0.4) is 0 Å². The summed E-state index contributed by atoms with van der Waals surface area (Å²) in [6.45, 7) is 1.69. The molecule has 0 heterocycles. The molecule has 0 radical (unpaired) electrons. The van der Waals surface area contributed by atoms with Gasteiger partial charge in [0.1, 0.15) is 11.5 Å². The van der Waals surface area contributed by atoms with Crippen molar-refractivity contribution >= 4 is 17.3 Å². The number of halogens is 1. The van der Waals surface area contributed by atoms with E-state index in [-0.39, 0.29) is 18.2 Å². The lowest BCUT2D eigenvalue weighted by Crippen LogP contribution is -2.29. The SMILES string of the molecule is COC(=O)c1cc(N(C)C(C)CC#N)c([N+](=O)[O-])cc1F. The Morgan fingerprint density at radius 3 is 2.71 bits per heavy atom. The maximum absolute atomic E-state index is 13.8. The minimum Gasteiger partial charge on any atom is -0.465 e. The van der Waals surface area contributed by atoms with Crippen molar-refractivity contribution in [3.05, 3.63) is 33.6 Å². The number of hydrogen-bond acceptors (Lipinski definition) is 6. The van der Waals surface area contributed by atoms with E-state index in [4.69, 9.17) is 5.26 Å². The summed E-state index contributed by atoms with van der Waals surface area (Å²) in [5.74, 6) is -1.95. The Morgan fingerprint density at radius 1 is 1.62 bits per heavy atom. The molecule has 8 heteroatoms. The van der Waals surface area contributed by atoms with Gasteiger partial charge in [-0.1, -0.05) is 0 Å². The molecule has 1 atom stereocenters. The Bertz CT molecular complexity index is 612. The molecule has 0 spiro atoms. The van der Waals surface area contributed by atoms with Gasteiger partial charge < -0.3 is 9.64 Å². The lowest BCUT2D eigenvalue weighted by atomic mass is 10.1. The monoisotopic (exact) mass is 295 g/mol. The number of carbonyl (C=O) groups excluding carboxylic acids is 1. The van der Waals surface area contributed by atoms with E-state index < -0.39 is 28.0 Å². The third-order valence-electron chi connectivity index (χ3n) is 3.09. The van der Waals surface area contributed by atoms with E-state index in [0.29, 0.717) is 6.07 Å². The van der Waals surface area contributed by atoms with Crippen LogP contribution in [0, 0.1) is 27.3 Å². The predicted molar refractivity (Wildman–Crippen MR) is 72.5 cm³/mol. The normalized spacial score (nSPS) is 11.4. The van der Waals surface area contributed by atoms with Gasteiger partial charge in [0, 0.05) is 13.1 Å². The molecule has 0 aliphatic heterocycles. The van der Waals surface area contributed by atoms with E-state index in [1.165, 1.54) is 11.9 Å². The Kier molecular flexibility index (Phi) is 5.18. The Labute approximate surface area is 120 Å². The van der Waals surface area contributed by atoms with Crippen molar-refractivity contribution in [1.29, 1.82) is 5.26 Å². The zero-order chi connectivity index (χ0) is 16.2. The lowest BCUT2D eigenvalue weighted by molar-refractivity contribution is -0.384. The summed E-state index contributed by atoms with van der Waals surface area (Å²) in [6, 6.07) is 3.35. The van der Waals surface area contributed by atoms with E-state index in [9.17, 15) is 19.3 Å². The molecule has 112 valence electrons. The average molecular weight is 295 g/mol. The molecule has 1 rings (SSSR count). The van der Waals surface area contributed by atoms with Crippen LogP contribution in [-0.4, -0.2) is 31.1 Å². The van der Waals surface area contributed by atoms with Crippen molar-refractivity contribution in [3.8, 4) is 6.07 Å². The number of ether oxygens (including phenoxy) is 1.